The standard InChI is InChI=1S/C17H12F5N5O3S2/c1-2-32(29,30)11-3-4-13(27-8-23-7-24-27)25-14(11)26-6-10-9(15(26)28)5-12(31-10)16(18,19)17(20,21)22/h3-5,7-8H,2,6H2,1H3. The molecule has 32 heavy (non-hydrogen) atoms. The van der Waals surface area contributed by atoms with Gasteiger partial charge in [-0.15, -0.1) is 11.3 Å². The van der Waals surface area contributed by atoms with Crippen molar-refractivity contribution < 1.29 is 35.2 Å². The van der Waals surface area contributed by atoms with Crippen molar-refractivity contribution in [3.8, 4) is 5.82 Å². The van der Waals surface area contributed by atoms with E-state index >= 15 is 0 Å². The van der Waals surface area contributed by atoms with Crippen LogP contribution in [0, 0.1) is 0 Å². The number of alkyl halides is 5. The Hall–Kier alpha value is -2.94. The summed E-state index contributed by atoms with van der Waals surface area (Å²) in [5.74, 6) is -6.51. The number of fused-ring (bicyclic) bond motifs is 1. The first-order valence-corrected chi connectivity index (χ1v) is 11.3. The molecule has 0 spiro atoms. The predicted octanol–water partition coefficient (Wildman–Crippen LogP) is 3.33. The van der Waals surface area contributed by atoms with Gasteiger partial charge in [-0.1, -0.05) is 6.92 Å². The number of carbonyl (C=O) groups excluding carboxylic acids is 1. The minimum Gasteiger partial charge on any atom is -0.286 e. The van der Waals surface area contributed by atoms with Crippen molar-refractivity contribution in [2.75, 3.05) is 10.7 Å². The lowest BCUT2D eigenvalue weighted by atomic mass is 10.2. The van der Waals surface area contributed by atoms with Gasteiger partial charge in [-0.2, -0.15) is 27.1 Å². The summed E-state index contributed by atoms with van der Waals surface area (Å²) in [6.45, 7) is 0.978. The van der Waals surface area contributed by atoms with Crippen LogP contribution < -0.4 is 4.90 Å². The normalized spacial score (nSPS) is 14.8. The van der Waals surface area contributed by atoms with Crippen molar-refractivity contribution in [3.05, 3.63) is 46.2 Å². The minimum atomic E-state index is -5.82. The topological polar surface area (TPSA) is 98.0 Å². The zero-order valence-corrected chi connectivity index (χ0v) is 17.6. The number of hydrogen-bond donors (Lipinski definition) is 0. The summed E-state index contributed by atoms with van der Waals surface area (Å²) in [6, 6.07) is 3.06. The zero-order valence-electron chi connectivity index (χ0n) is 16.0. The molecule has 0 atom stereocenters. The van der Waals surface area contributed by atoms with Crippen LogP contribution in [0.25, 0.3) is 5.82 Å². The van der Waals surface area contributed by atoms with Gasteiger partial charge in [-0.3, -0.25) is 9.69 Å². The fourth-order valence-electron chi connectivity index (χ4n) is 3.02. The number of carbonyl (C=O) groups is 1. The lowest BCUT2D eigenvalue weighted by Crippen LogP contribution is -2.33. The molecule has 0 saturated heterocycles. The Labute approximate surface area is 181 Å². The molecule has 4 rings (SSSR count). The first-order valence-electron chi connectivity index (χ1n) is 8.85. The lowest BCUT2D eigenvalue weighted by molar-refractivity contribution is -0.287. The molecule has 8 nitrogen and oxygen atoms in total. The third-order valence-corrected chi connectivity index (χ3v) is 7.64. The van der Waals surface area contributed by atoms with E-state index in [0.717, 1.165) is 4.90 Å². The second-order valence-corrected chi connectivity index (χ2v) is 10.0. The van der Waals surface area contributed by atoms with Gasteiger partial charge in [0, 0.05) is 4.88 Å². The molecule has 0 bridgehead atoms. The highest BCUT2D eigenvalue weighted by atomic mass is 32.2. The van der Waals surface area contributed by atoms with Crippen molar-refractivity contribution in [2.24, 2.45) is 0 Å². The Morgan fingerprint density at radius 2 is 1.91 bits per heavy atom. The third kappa shape index (κ3) is 3.44. The quantitative estimate of drug-likeness (QED) is 0.506. The highest BCUT2D eigenvalue weighted by Gasteiger charge is 2.60. The first-order chi connectivity index (χ1) is 14.9. The van der Waals surface area contributed by atoms with E-state index in [1.165, 1.54) is 36.4 Å². The van der Waals surface area contributed by atoms with Crippen molar-refractivity contribution >= 4 is 32.9 Å². The summed E-state index contributed by atoms with van der Waals surface area (Å²) in [6.07, 6.45) is -3.32. The summed E-state index contributed by atoms with van der Waals surface area (Å²) in [7, 11) is -3.86. The van der Waals surface area contributed by atoms with Gasteiger partial charge >= 0.3 is 12.1 Å². The van der Waals surface area contributed by atoms with Crippen LogP contribution in [0.3, 0.4) is 0 Å². The molecule has 4 heterocycles. The van der Waals surface area contributed by atoms with Crippen LogP contribution in [0.4, 0.5) is 27.8 Å². The number of rotatable bonds is 5. The number of pyridine rings is 1. The molecule has 0 N–H and O–H groups in total. The van der Waals surface area contributed by atoms with Gasteiger partial charge in [0.2, 0.25) is 0 Å². The molecule has 3 aromatic rings. The van der Waals surface area contributed by atoms with Crippen molar-refractivity contribution in [2.45, 2.75) is 30.5 Å². The van der Waals surface area contributed by atoms with Gasteiger partial charge in [0.1, 0.15) is 17.6 Å². The highest BCUT2D eigenvalue weighted by Crippen LogP contribution is 2.48. The molecule has 0 aromatic carbocycles. The molecule has 1 aliphatic rings. The SMILES string of the molecule is CCS(=O)(=O)c1ccc(-n2cncn2)nc1N1Cc2sc(C(F)(F)C(F)(F)F)cc2C1=O. The number of anilines is 1. The van der Waals surface area contributed by atoms with Crippen LogP contribution >= 0.6 is 11.3 Å². The van der Waals surface area contributed by atoms with E-state index in [0.29, 0.717) is 6.07 Å². The molecule has 0 unspecified atom stereocenters. The molecule has 170 valence electrons. The molecule has 0 aliphatic carbocycles. The number of amides is 1. The fourth-order valence-corrected chi connectivity index (χ4v) is 5.18. The van der Waals surface area contributed by atoms with Crippen LogP contribution in [0.1, 0.15) is 27.0 Å². The van der Waals surface area contributed by atoms with E-state index in [4.69, 9.17) is 0 Å². The molecule has 0 fully saturated rings. The van der Waals surface area contributed by atoms with Crippen molar-refractivity contribution in [1.29, 1.82) is 0 Å². The Kier molecular flexibility index (Phi) is 5.08. The smallest absolute Gasteiger partial charge is 0.286 e. The first kappa shape index (κ1) is 22.3. The summed E-state index contributed by atoms with van der Waals surface area (Å²) in [5.41, 5.74) is -0.360. The Morgan fingerprint density at radius 1 is 1.19 bits per heavy atom. The van der Waals surface area contributed by atoms with Crippen LogP contribution in [0.5, 0.6) is 0 Å². The molecular formula is C17H12F5N5O3S2. The predicted molar refractivity (Wildman–Crippen MR) is 102 cm³/mol. The van der Waals surface area contributed by atoms with Crippen molar-refractivity contribution in [1.82, 2.24) is 19.7 Å². The van der Waals surface area contributed by atoms with Crippen molar-refractivity contribution in [3.63, 3.8) is 0 Å². The van der Waals surface area contributed by atoms with E-state index in [1.54, 1.807) is 0 Å². The molecule has 15 heteroatoms. The van der Waals surface area contributed by atoms with Crippen LogP contribution in [-0.4, -0.2) is 46.0 Å². The van der Waals surface area contributed by atoms with Gasteiger partial charge in [-0.05, 0) is 18.2 Å². The second kappa shape index (κ2) is 7.30. The Balaban J connectivity index is 1.79. The molecular weight excluding hydrogens is 481 g/mol. The number of aromatic nitrogens is 4. The number of thiophene rings is 1. The van der Waals surface area contributed by atoms with Crippen LogP contribution in [-0.2, 0) is 22.3 Å². The van der Waals surface area contributed by atoms with Gasteiger partial charge in [-0.25, -0.2) is 23.1 Å². The second-order valence-electron chi connectivity index (χ2n) is 6.65. The summed E-state index contributed by atoms with van der Waals surface area (Å²) < 4.78 is 91.8. The Morgan fingerprint density at radius 3 is 2.47 bits per heavy atom. The maximum atomic E-state index is 13.7. The molecule has 3 aromatic heterocycles. The molecule has 1 aliphatic heterocycles. The van der Waals surface area contributed by atoms with Crippen LogP contribution in [0.15, 0.2) is 35.7 Å². The Bertz CT molecular complexity index is 1300. The molecule has 0 saturated carbocycles. The maximum absolute atomic E-state index is 13.7. The largest absolute Gasteiger partial charge is 0.458 e. The van der Waals surface area contributed by atoms with E-state index in [9.17, 15) is 35.2 Å². The van der Waals surface area contributed by atoms with Gasteiger partial charge in [0.25, 0.3) is 5.91 Å². The molecule has 0 radical (unpaired) electrons. The number of halogens is 5. The number of hydrogen-bond acceptors (Lipinski definition) is 7. The summed E-state index contributed by atoms with van der Waals surface area (Å²) >= 11 is 0.142. The maximum Gasteiger partial charge on any atom is 0.458 e. The van der Waals surface area contributed by atoms with Gasteiger partial charge < -0.3 is 0 Å². The monoisotopic (exact) mass is 493 g/mol. The summed E-state index contributed by atoms with van der Waals surface area (Å²) in [5, 5.41) is 3.88. The van der Waals surface area contributed by atoms with E-state index < -0.39 is 39.3 Å². The van der Waals surface area contributed by atoms with E-state index in [-0.39, 0.29) is 44.1 Å². The lowest BCUT2D eigenvalue weighted by Gasteiger charge is -2.20. The number of sulfone groups is 1. The average Bonchev–Trinajstić information content (AvgIpc) is 3.45. The average molecular weight is 493 g/mol. The molecule has 1 amide bonds. The fraction of sp³-hybridized carbons (Fsp3) is 0.294. The van der Waals surface area contributed by atoms with Gasteiger partial charge in [0.15, 0.2) is 21.5 Å². The van der Waals surface area contributed by atoms with Gasteiger partial charge in [0.05, 0.1) is 22.7 Å². The zero-order chi connectivity index (χ0) is 23.5. The number of nitrogens with zero attached hydrogens (tertiary/aromatic N) is 5. The third-order valence-electron chi connectivity index (χ3n) is 4.70. The summed E-state index contributed by atoms with van der Waals surface area (Å²) in [4.78, 5) is 20.1. The van der Waals surface area contributed by atoms with Crippen LogP contribution in [0.2, 0.25) is 0 Å². The minimum absolute atomic E-state index is 0.0540. The van der Waals surface area contributed by atoms with E-state index in [2.05, 4.69) is 15.1 Å². The van der Waals surface area contributed by atoms with E-state index in [1.807, 2.05) is 0 Å². The highest BCUT2D eigenvalue weighted by molar-refractivity contribution is 7.91.